The van der Waals surface area contributed by atoms with Crippen LogP contribution in [0.15, 0.2) is 30.3 Å². The minimum absolute atomic E-state index is 0.103. The third-order valence-corrected chi connectivity index (χ3v) is 3.88. The Morgan fingerprint density at radius 1 is 1.39 bits per heavy atom. The molecule has 1 aliphatic carbocycles. The number of carboxylic acid groups (broad SMARTS) is 1. The summed E-state index contributed by atoms with van der Waals surface area (Å²) in [7, 11) is 0. The van der Waals surface area contributed by atoms with Crippen molar-refractivity contribution in [2.75, 3.05) is 0 Å². The highest BCUT2D eigenvalue weighted by molar-refractivity contribution is 5.67. The average Bonchev–Trinajstić information content (AvgIpc) is 2.27. The van der Waals surface area contributed by atoms with E-state index in [1.54, 1.807) is 0 Å². The van der Waals surface area contributed by atoms with Gasteiger partial charge in [0.25, 0.3) is 0 Å². The minimum atomic E-state index is -0.709. The second-order valence-corrected chi connectivity index (χ2v) is 5.19. The standard InChI is InChI=1S/C15H21NO2/c1-11(12-6-3-2-4-7-12)16-14(10-15(17)18)13-8-5-9-13/h2-4,6-7,11,13-14,16H,5,8-10H2,1H3,(H,17,18). The van der Waals surface area contributed by atoms with Gasteiger partial charge in [0.2, 0.25) is 0 Å². The maximum atomic E-state index is 10.9. The van der Waals surface area contributed by atoms with E-state index in [0.717, 1.165) is 12.8 Å². The van der Waals surface area contributed by atoms with Gasteiger partial charge in [0, 0.05) is 12.1 Å². The van der Waals surface area contributed by atoms with E-state index in [1.807, 2.05) is 18.2 Å². The summed E-state index contributed by atoms with van der Waals surface area (Å²) in [4.78, 5) is 10.9. The van der Waals surface area contributed by atoms with Gasteiger partial charge < -0.3 is 10.4 Å². The number of carboxylic acids is 1. The topological polar surface area (TPSA) is 49.3 Å². The minimum Gasteiger partial charge on any atom is -0.481 e. The van der Waals surface area contributed by atoms with Gasteiger partial charge in [-0.2, -0.15) is 0 Å². The van der Waals surface area contributed by atoms with Gasteiger partial charge in [0.15, 0.2) is 0 Å². The van der Waals surface area contributed by atoms with Crippen LogP contribution in [0.5, 0.6) is 0 Å². The molecule has 18 heavy (non-hydrogen) atoms. The van der Waals surface area contributed by atoms with E-state index in [0.29, 0.717) is 5.92 Å². The van der Waals surface area contributed by atoms with Crippen molar-refractivity contribution < 1.29 is 9.90 Å². The second kappa shape index (κ2) is 6.01. The van der Waals surface area contributed by atoms with Crippen LogP contribution in [0, 0.1) is 5.92 Å². The number of carbonyl (C=O) groups is 1. The van der Waals surface area contributed by atoms with E-state index < -0.39 is 5.97 Å². The lowest BCUT2D eigenvalue weighted by atomic mass is 9.78. The Labute approximate surface area is 108 Å². The summed E-state index contributed by atoms with van der Waals surface area (Å²) in [5.74, 6) is -0.174. The lowest BCUT2D eigenvalue weighted by Gasteiger charge is -2.35. The molecule has 0 radical (unpaired) electrons. The molecule has 1 aliphatic rings. The summed E-state index contributed by atoms with van der Waals surface area (Å²) in [5.41, 5.74) is 1.22. The number of aliphatic carboxylic acids is 1. The van der Waals surface area contributed by atoms with Crippen LogP contribution in [0.25, 0.3) is 0 Å². The largest absolute Gasteiger partial charge is 0.481 e. The number of hydrogen-bond acceptors (Lipinski definition) is 2. The molecule has 2 rings (SSSR count). The van der Waals surface area contributed by atoms with Gasteiger partial charge in [-0.25, -0.2) is 0 Å². The highest BCUT2D eigenvalue weighted by atomic mass is 16.4. The molecule has 1 fully saturated rings. The highest BCUT2D eigenvalue weighted by Crippen LogP contribution is 2.32. The molecule has 3 nitrogen and oxygen atoms in total. The van der Waals surface area contributed by atoms with Crippen LogP contribution in [-0.4, -0.2) is 17.1 Å². The monoisotopic (exact) mass is 247 g/mol. The van der Waals surface area contributed by atoms with Crippen LogP contribution in [0.3, 0.4) is 0 Å². The maximum absolute atomic E-state index is 10.9. The van der Waals surface area contributed by atoms with Gasteiger partial charge in [-0.1, -0.05) is 36.8 Å². The van der Waals surface area contributed by atoms with E-state index >= 15 is 0 Å². The average molecular weight is 247 g/mol. The molecule has 0 bridgehead atoms. The summed E-state index contributed by atoms with van der Waals surface area (Å²) in [6.07, 6.45) is 3.78. The molecular formula is C15H21NO2. The normalized spacial score (nSPS) is 18.9. The highest BCUT2D eigenvalue weighted by Gasteiger charge is 2.29. The zero-order chi connectivity index (χ0) is 13.0. The Morgan fingerprint density at radius 2 is 2.06 bits per heavy atom. The Balaban J connectivity index is 1.97. The van der Waals surface area contributed by atoms with Crippen molar-refractivity contribution in [1.82, 2.24) is 5.32 Å². The van der Waals surface area contributed by atoms with Crippen molar-refractivity contribution in [3.05, 3.63) is 35.9 Å². The molecule has 3 heteroatoms. The third-order valence-electron chi connectivity index (χ3n) is 3.88. The molecule has 0 aliphatic heterocycles. The molecule has 2 N–H and O–H groups in total. The van der Waals surface area contributed by atoms with E-state index in [1.165, 1.54) is 12.0 Å². The number of rotatable bonds is 6. The molecule has 98 valence electrons. The summed E-state index contributed by atoms with van der Waals surface area (Å²) >= 11 is 0. The van der Waals surface area contributed by atoms with Crippen LogP contribution in [0.4, 0.5) is 0 Å². The van der Waals surface area contributed by atoms with Gasteiger partial charge in [-0.05, 0) is 31.2 Å². The predicted octanol–water partition coefficient (Wildman–Crippen LogP) is 2.98. The summed E-state index contributed by atoms with van der Waals surface area (Å²) in [6, 6.07) is 10.5. The Kier molecular flexibility index (Phi) is 4.37. The summed E-state index contributed by atoms with van der Waals surface area (Å²) < 4.78 is 0. The van der Waals surface area contributed by atoms with Crippen LogP contribution in [-0.2, 0) is 4.79 Å². The van der Waals surface area contributed by atoms with Crippen molar-refractivity contribution in [3.8, 4) is 0 Å². The van der Waals surface area contributed by atoms with Crippen LogP contribution < -0.4 is 5.32 Å². The van der Waals surface area contributed by atoms with E-state index in [9.17, 15) is 4.79 Å². The molecule has 0 heterocycles. The van der Waals surface area contributed by atoms with Gasteiger partial charge in [0.05, 0.1) is 6.42 Å². The SMILES string of the molecule is CC(NC(CC(=O)O)C1CCC1)c1ccccc1. The molecule has 0 aromatic heterocycles. The maximum Gasteiger partial charge on any atom is 0.304 e. The van der Waals surface area contributed by atoms with E-state index in [2.05, 4.69) is 24.4 Å². The van der Waals surface area contributed by atoms with Crippen LogP contribution in [0.2, 0.25) is 0 Å². The fraction of sp³-hybridized carbons (Fsp3) is 0.533. The number of nitrogens with one attached hydrogen (secondary N) is 1. The first-order valence-electron chi connectivity index (χ1n) is 6.69. The Bertz CT molecular complexity index is 387. The Hall–Kier alpha value is -1.35. The lowest BCUT2D eigenvalue weighted by Crippen LogP contribution is -2.42. The molecule has 1 saturated carbocycles. The molecule has 0 saturated heterocycles. The third kappa shape index (κ3) is 3.33. The van der Waals surface area contributed by atoms with Gasteiger partial charge in [-0.3, -0.25) is 4.79 Å². The molecular weight excluding hydrogens is 226 g/mol. The second-order valence-electron chi connectivity index (χ2n) is 5.19. The van der Waals surface area contributed by atoms with Crippen molar-refractivity contribution >= 4 is 5.97 Å². The quantitative estimate of drug-likeness (QED) is 0.812. The molecule has 1 aromatic rings. The van der Waals surface area contributed by atoms with Gasteiger partial charge in [-0.15, -0.1) is 0 Å². The fourth-order valence-corrected chi connectivity index (χ4v) is 2.55. The van der Waals surface area contributed by atoms with Crippen molar-refractivity contribution in [1.29, 1.82) is 0 Å². The Morgan fingerprint density at radius 3 is 2.56 bits per heavy atom. The van der Waals surface area contributed by atoms with Gasteiger partial charge in [0.1, 0.15) is 0 Å². The molecule has 2 atom stereocenters. The van der Waals surface area contributed by atoms with Crippen molar-refractivity contribution in [2.24, 2.45) is 5.92 Å². The first-order valence-corrected chi connectivity index (χ1v) is 6.69. The zero-order valence-corrected chi connectivity index (χ0v) is 10.8. The van der Waals surface area contributed by atoms with Crippen molar-refractivity contribution in [3.63, 3.8) is 0 Å². The van der Waals surface area contributed by atoms with Gasteiger partial charge >= 0.3 is 5.97 Å². The molecule has 1 aromatic carbocycles. The first kappa shape index (κ1) is 13.1. The zero-order valence-electron chi connectivity index (χ0n) is 10.8. The van der Waals surface area contributed by atoms with Crippen molar-refractivity contribution in [2.45, 2.75) is 44.7 Å². The fourth-order valence-electron chi connectivity index (χ4n) is 2.55. The smallest absolute Gasteiger partial charge is 0.304 e. The van der Waals surface area contributed by atoms with Crippen LogP contribution >= 0.6 is 0 Å². The summed E-state index contributed by atoms with van der Waals surface area (Å²) in [6.45, 7) is 2.10. The lowest BCUT2D eigenvalue weighted by molar-refractivity contribution is -0.138. The summed E-state index contributed by atoms with van der Waals surface area (Å²) in [5, 5.41) is 12.5. The predicted molar refractivity (Wildman–Crippen MR) is 71.4 cm³/mol. The first-order chi connectivity index (χ1) is 8.66. The van der Waals surface area contributed by atoms with E-state index in [4.69, 9.17) is 5.11 Å². The molecule has 0 spiro atoms. The number of hydrogen-bond donors (Lipinski definition) is 2. The molecule has 0 amide bonds. The van der Waals surface area contributed by atoms with E-state index in [-0.39, 0.29) is 18.5 Å². The number of benzene rings is 1. The molecule has 2 unspecified atom stereocenters. The van der Waals surface area contributed by atoms with Crippen LogP contribution in [0.1, 0.15) is 44.2 Å².